The molecule has 0 fully saturated rings. The molecule has 0 aromatic heterocycles. The minimum absolute atomic E-state index is 0.238. The van der Waals surface area contributed by atoms with E-state index in [1.807, 2.05) is 20.8 Å². The fourth-order valence-electron chi connectivity index (χ4n) is 1.76. The Morgan fingerprint density at radius 1 is 1.31 bits per heavy atom. The summed E-state index contributed by atoms with van der Waals surface area (Å²) >= 11 is 0. The lowest BCUT2D eigenvalue weighted by molar-refractivity contribution is -0.0472. The van der Waals surface area contributed by atoms with Crippen LogP contribution in [0.15, 0.2) is 24.3 Å². The third kappa shape index (κ3) is 2.80. The predicted molar refractivity (Wildman–Crippen MR) is 63.7 cm³/mol. The molecule has 90 valence electrons. The molecule has 2 N–H and O–H groups in total. The summed E-state index contributed by atoms with van der Waals surface area (Å²) < 4.78 is 18.5. The number of hydrogen-bond acceptors (Lipinski definition) is 2. The molecule has 0 spiro atoms. The first-order valence-corrected chi connectivity index (χ1v) is 5.68. The highest BCUT2D eigenvalue weighted by molar-refractivity contribution is 5.22. The van der Waals surface area contributed by atoms with Crippen molar-refractivity contribution >= 4 is 0 Å². The minimum atomic E-state index is -0.396. The van der Waals surface area contributed by atoms with Crippen LogP contribution in [0.1, 0.15) is 38.8 Å². The Balaban J connectivity index is 2.90. The number of benzene rings is 1. The Labute approximate surface area is 96.6 Å². The van der Waals surface area contributed by atoms with Gasteiger partial charge >= 0.3 is 0 Å². The maximum Gasteiger partial charge on any atom is 0.123 e. The molecule has 0 radical (unpaired) electrons. The lowest BCUT2D eigenvalue weighted by Gasteiger charge is -2.34. The first-order valence-electron chi connectivity index (χ1n) is 5.68. The summed E-state index contributed by atoms with van der Waals surface area (Å²) in [6.07, 6.45) is 0.819. The van der Waals surface area contributed by atoms with E-state index in [0.717, 1.165) is 12.0 Å². The first-order chi connectivity index (χ1) is 7.53. The van der Waals surface area contributed by atoms with Crippen molar-refractivity contribution in [3.8, 4) is 0 Å². The van der Waals surface area contributed by atoms with Crippen LogP contribution in [0.4, 0.5) is 4.39 Å². The van der Waals surface area contributed by atoms with Gasteiger partial charge in [0.1, 0.15) is 5.82 Å². The molecule has 0 amide bonds. The summed E-state index contributed by atoms with van der Waals surface area (Å²) in [5, 5.41) is 0. The van der Waals surface area contributed by atoms with Crippen molar-refractivity contribution in [1.29, 1.82) is 0 Å². The Bertz CT molecular complexity index is 325. The zero-order valence-corrected chi connectivity index (χ0v) is 10.2. The average molecular weight is 225 g/mol. The van der Waals surface area contributed by atoms with Crippen LogP contribution in [0, 0.1) is 5.82 Å². The van der Waals surface area contributed by atoms with Gasteiger partial charge in [0.2, 0.25) is 0 Å². The SMILES string of the molecule is CCOC(C)(CC)C(N)c1ccc(F)cc1. The van der Waals surface area contributed by atoms with E-state index in [4.69, 9.17) is 10.5 Å². The second kappa shape index (κ2) is 5.41. The molecule has 3 heteroatoms. The topological polar surface area (TPSA) is 35.2 Å². The Kier molecular flexibility index (Phi) is 4.44. The summed E-state index contributed by atoms with van der Waals surface area (Å²) in [7, 11) is 0. The Morgan fingerprint density at radius 2 is 1.88 bits per heavy atom. The number of halogens is 1. The van der Waals surface area contributed by atoms with E-state index in [1.165, 1.54) is 12.1 Å². The molecular formula is C13H20FNO. The second-order valence-electron chi connectivity index (χ2n) is 4.13. The van der Waals surface area contributed by atoms with E-state index in [0.29, 0.717) is 6.61 Å². The van der Waals surface area contributed by atoms with Gasteiger partial charge in [0.05, 0.1) is 11.6 Å². The van der Waals surface area contributed by atoms with Crippen molar-refractivity contribution in [1.82, 2.24) is 0 Å². The van der Waals surface area contributed by atoms with Crippen LogP contribution < -0.4 is 5.73 Å². The minimum Gasteiger partial charge on any atom is -0.374 e. The molecule has 1 aromatic rings. The van der Waals surface area contributed by atoms with Gasteiger partial charge in [0.25, 0.3) is 0 Å². The standard InChI is InChI=1S/C13H20FNO/c1-4-13(3,16-5-2)12(15)10-6-8-11(14)9-7-10/h6-9,12H,4-5,15H2,1-3H3. The molecule has 0 saturated heterocycles. The van der Waals surface area contributed by atoms with Gasteiger partial charge in [-0.2, -0.15) is 0 Å². The van der Waals surface area contributed by atoms with E-state index < -0.39 is 5.60 Å². The summed E-state index contributed by atoms with van der Waals surface area (Å²) in [5.41, 5.74) is 6.68. The molecule has 2 atom stereocenters. The molecule has 16 heavy (non-hydrogen) atoms. The van der Waals surface area contributed by atoms with Gasteiger partial charge < -0.3 is 10.5 Å². The lowest BCUT2D eigenvalue weighted by atomic mass is 9.88. The monoisotopic (exact) mass is 225 g/mol. The lowest BCUT2D eigenvalue weighted by Crippen LogP contribution is -2.40. The van der Waals surface area contributed by atoms with E-state index in [9.17, 15) is 4.39 Å². The Hall–Kier alpha value is -0.930. The predicted octanol–water partition coefficient (Wildman–Crippen LogP) is 3.03. The molecule has 1 aromatic carbocycles. The second-order valence-corrected chi connectivity index (χ2v) is 4.13. The molecule has 0 saturated carbocycles. The third-order valence-electron chi connectivity index (χ3n) is 3.06. The summed E-state index contributed by atoms with van der Waals surface area (Å²) in [4.78, 5) is 0. The molecule has 1 rings (SSSR count). The van der Waals surface area contributed by atoms with Gasteiger partial charge in [-0.3, -0.25) is 0 Å². The normalized spacial score (nSPS) is 16.8. The van der Waals surface area contributed by atoms with Crippen molar-refractivity contribution < 1.29 is 9.13 Å². The van der Waals surface area contributed by atoms with Gasteiger partial charge in [-0.15, -0.1) is 0 Å². The van der Waals surface area contributed by atoms with Crippen molar-refractivity contribution in [2.45, 2.75) is 38.8 Å². The van der Waals surface area contributed by atoms with E-state index >= 15 is 0 Å². The number of nitrogens with two attached hydrogens (primary N) is 1. The van der Waals surface area contributed by atoms with Gasteiger partial charge in [-0.1, -0.05) is 19.1 Å². The van der Waals surface area contributed by atoms with Crippen LogP contribution in [0.25, 0.3) is 0 Å². The summed E-state index contributed by atoms with van der Waals surface area (Å²) in [5.74, 6) is -0.245. The molecule has 2 nitrogen and oxygen atoms in total. The van der Waals surface area contributed by atoms with Crippen LogP contribution in [-0.2, 0) is 4.74 Å². The smallest absolute Gasteiger partial charge is 0.123 e. The molecule has 0 aliphatic rings. The van der Waals surface area contributed by atoms with Crippen LogP contribution in [-0.4, -0.2) is 12.2 Å². The van der Waals surface area contributed by atoms with Gasteiger partial charge in [-0.05, 0) is 38.0 Å². The fourth-order valence-corrected chi connectivity index (χ4v) is 1.76. The summed E-state index contributed by atoms with van der Waals surface area (Å²) in [6, 6.07) is 6.05. The van der Waals surface area contributed by atoms with Crippen molar-refractivity contribution in [2.75, 3.05) is 6.61 Å². The largest absolute Gasteiger partial charge is 0.374 e. The number of rotatable bonds is 5. The van der Waals surface area contributed by atoms with Crippen molar-refractivity contribution in [3.05, 3.63) is 35.6 Å². The zero-order valence-electron chi connectivity index (χ0n) is 10.2. The highest BCUT2D eigenvalue weighted by atomic mass is 19.1. The van der Waals surface area contributed by atoms with Crippen molar-refractivity contribution in [2.24, 2.45) is 5.73 Å². The molecule has 0 aliphatic heterocycles. The number of hydrogen-bond donors (Lipinski definition) is 1. The molecule has 0 aliphatic carbocycles. The average Bonchev–Trinajstić information content (AvgIpc) is 2.29. The quantitative estimate of drug-likeness (QED) is 0.836. The van der Waals surface area contributed by atoms with E-state index in [2.05, 4.69) is 0 Å². The maximum atomic E-state index is 12.8. The Morgan fingerprint density at radius 3 is 2.31 bits per heavy atom. The van der Waals surface area contributed by atoms with Crippen LogP contribution in [0.5, 0.6) is 0 Å². The summed E-state index contributed by atoms with van der Waals surface area (Å²) in [6.45, 7) is 6.61. The fraction of sp³-hybridized carbons (Fsp3) is 0.538. The van der Waals surface area contributed by atoms with Crippen LogP contribution in [0.3, 0.4) is 0 Å². The highest BCUT2D eigenvalue weighted by Gasteiger charge is 2.31. The van der Waals surface area contributed by atoms with Crippen LogP contribution in [0.2, 0.25) is 0 Å². The van der Waals surface area contributed by atoms with E-state index in [-0.39, 0.29) is 11.9 Å². The maximum absolute atomic E-state index is 12.8. The molecular weight excluding hydrogens is 205 g/mol. The van der Waals surface area contributed by atoms with Gasteiger partial charge in [0, 0.05) is 6.61 Å². The molecule has 0 heterocycles. The van der Waals surface area contributed by atoms with Gasteiger partial charge in [0.15, 0.2) is 0 Å². The zero-order chi connectivity index (χ0) is 12.2. The number of ether oxygens (including phenoxy) is 1. The highest BCUT2D eigenvalue weighted by Crippen LogP contribution is 2.30. The first kappa shape index (κ1) is 13.1. The molecule has 2 unspecified atom stereocenters. The van der Waals surface area contributed by atoms with Crippen LogP contribution >= 0.6 is 0 Å². The molecule has 0 bridgehead atoms. The van der Waals surface area contributed by atoms with E-state index in [1.54, 1.807) is 12.1 Å². The van der Waals surface area contributed by atoms with Crippen molar-refractivity contribution in [3.63, 3.8) is 0 Å². The third-order valence-corrected chi connectivity index (χ3v) is 3.06. The van der Waals surface area contributed by atoms with Gasteiger partial charge in [-0.25, -0.2) is 4.39 Å².